The Bertz CT molecular complexity index is 762. The molecule has 0 unspecified atom stereocenters. The molecule has 7 nitrogen and oxygen atoms in total. The van der Waals surface area contributed by atoms with Crippen molar-refractivity contribution in [2.45, 2.75) is 12.8 Å². The van der Waals surface area contributed by atoms with E-state index >= 15 is 0 Å². The molecule has 0 fully saturated rings. The van der Waals surface area contributed by atoms with Gasteiger partial charge in [0.2, 0.25) is 0 Å². The Morgan fingerprint density at radius 3 is 2.62 bits per heavy atom. The number of likely N-dealkylation sites (N-methyl/N-ethyl adjacent to an activating group) is 1. The van der Waals surface area contributed by atoms with Crippen LogP contribution in [0.2, 0.25) is 0 Å². The second-order valence-electron chi connectivity index (χ2n) is 6.20. The van der Waals surface area contributed by atoms with E-state index in [1.165, 1.54) is 7.11 Å². The van der Waals surface area contributed by atoms with Gasteiger partial charge in [0.05, 0.1) is 29.1 Å². The van der Waals surface area contributed by atoms with Crippen LogP contribution < -0.4 is 10.2 Å². The van der Waals surface area contributed by atoms with Crippen molar-refractivity contribution >= 4 is 34.7 Å². The van der Waals surface area contributed by atoms with E-state index < -0.39 is 5.97 Å². The van der Waals surface area contributed by atoms with Crippen molar-refractivity contribution in [3.05, 3.63) is 40.3 Å². The van der Waals surface area contributed by atoms with Crippen LogP contribution in [0.4, 0.5) is 16.2 Å². The summed E-state index contributed by atoms with van der Waals surface area (Å²) < 4.78 is 4.75. The SMILES string of the molecule is COC(=O)c1ccc(NC(=O)N(C)C[C@H](C)c2nccs2)c(N(C)C)c1. The summed E-state index contributed by atoms with van der Waals surface area (Å²) in [5, 5.41) is 5.83. The van der Waals surface area contributed by atoms with Gasteiger partial charge in [0.25, 0.3) is 0 Å². The van der Waals surface area contributed by atoms with Crippen molar-refractivity contribution in [3.8, 4) is 0 Å². The molecule has 1 atom stereocenters. The summed E-state index contributed by atoms with van der Waals surface area (Å²) in [6.45, 7) is 2.59. The Kier molecular flexibility index (Phi) is 6.57. The summed E-state index contributed by atoms with van der Waals surface area (Å²) in [6.07, 6.45) is 1.77. The number of urea groups is 1. The van der Waals surface area contributed by atoms with Crippen LogP contribution in [-0.2, 0) is 4.74 Å². The number of methoxy groups -OCH3 is 1. The van der Waals surface area contributed by atoms with Crippen LogP contribution in [-0.4, -0.2) is 56.7 Å². The van der Waals surface area contributed by atoms with Gasteiger partial charge in [0.15, 0.2) is 0 Å². The Balaban J connectivity index is 2.11. The third-order valence-electron chi connectivity index (χ3n) is 3.91. The molecule has 0 spiro atoms. The summed E-state index contributed by atoms with van der Waals surface area (Å²) in [7, 11) is 6.78. The number of anilines is 2. The molecule has 0 aliphatic heterocycles. The molecule has 1 aromatic carbocycles. The summed E-state index contributed by atoms with van der Waals surface area (Å²) >= 11 is 1.58. The number of carbonyl (C=O) groups is 2. The van der Waals surface area contributed by atoms with Crippen molar-refractivity contribution in [2.24, 2.45) is 0 Å². The fourth-order valence-electron chi connectivity index (χ4n) is 2.51. The highest BCUT2D eigenvalue weighted by atomic mass is 32.1. The molecule has 140 valence electrons. The lowest BCUT2D eigenvalue weighted by Crippen LogP contribution is -2.34. The molecular formula is C18H24N4O3S. The van der Waals surface area contributed by atoms with Crippen molar-refractivity contribution in [1.29, 1.82) is 0 Å². The maximum Gasteiger partial charge on any atom is 0.337 e. The van der Waals surface area contributed by atoms with Gasteiger partial charge in [-0.05, 0) is 18.2 Å². The minimum absolute atomic E-state index is 0.153. The highest BCUT2D eigenvalue weighted by molar-refractivity contribution is 7.09. The van der Waals surface area contributed by atoms with Crippen LogP contribution >= 0.6 is 11.3 Å². The summed E-state index contributed by atoms with van der Waals surface area (Å²) in [5.74, 6) is -0.263. The molecule has 2 amide bonds. The zero-order valence-electron chi connectivity index (χ0n) is 15.6. The van der Waals surface area contributed by atoms with Crippen LogP contribution in [0.25, 0.3) is 0 Å². The zero-order chi connectivity index (χ0) is 19.3. The van der Waals surface area contributed by atoms with Gasteiger partial charge in [-0.3, -0.25) is 0 Å². The van der Waals surface area contributed by atoms with Crippen molar-refractivity contribution in [2.75, 3.05) is 45.0 Å². The first kappa shape index (κ1) is 19.7. The van der Waals surface area contributed by atoms with Gasteiger partial charge in [-0.2, -0.15) is 0 Å². The molecule has 0 aliphatic carbocycles. The minimum atomic E-state index is -0.416. The highest BCUT2D eigenvalue weighted by Gasteiger charge is 2.18. The second kappa shape index (κ2) is 8.66. The number of rotatable bonds is 6. The molecule has 0 aliphatic rings. The van der Waals surface area contributed by atoms with E-state index in [-0.39, 0.29) is 11.9 Å². The van der Waals surface area contributed by atoms with Crippen LogP contribution in [0.5, 0.6) is 0 Å². The van der Waals surface area contributed by atoms with Gasteiger partial charge < -0.3 is 19.9 Å². The Labute approximate surface area is 157 Å². The molecule has 0 radical (unpaired) electrons. The number of aromatic nitrogens is 1. The fourth-order valence-corrected chi connectivity index (χ4v) is 3.20. The highest BCUT2D eigenvalue weighted by Crippen LogP contribution is 2.27. The molecule has 1 aromatic heterocycles. The van der Waals surface area contributed by atoms with Gasteiger partial charge in [-0.15, -0.1) is 11.3 Å². The monoisotopic (exact) mass is 376 g/mol. The molecule has 0 bridgehead atoms. The maximum atomic E-state index is 12.6. The van der Waals surface area contributed by atoms with Crippen LogP contribution in [0.3, 0.4) is 0 Å². The molecule has 1 N–H and O–H groups in total. The first-order chi connectivity index (χ1) is 12.3. The smallest absolute Gasteiger partial charge is 0.337 e. The average Bonchev–Trinajstić information content (AvgIpc) is 3.15. The number of nitrogens with zero attached hydrogens (tertiary/aromatic N) is 3. The van der Waals surface area contributed by atoms with Gasteiger partial charge in [0.1, 0.15) is 0 Å². The normalized spacial score (nSPS) is 11.6. The van der Waals surface area contributed by atoms with E-state index in [1.54, 1.807) is 47.7 Å². The topological polar surface area (TPSA) is 74.8 Å². The average molecular weight is 376 g/mol. The number of carbonyl (C=O) groups excluding carboxylic acids is 2. The molecule has 0 saturated heterocycles. The predicted molar refractivity (Wildman–Crippen MR) is 104 cm³/mol. The number of benzene rings is 1. The van der Waals surface area contributed by atoms with E-state index in [4.69, 9.17) is 4.74 Å². The summed E-state index contributed by atoms with van der Waals surface area (Å²) in [6, 6.07) is 4.81. The summed E-state index contributed by atoms with van der Waals surface area (Å²) in [4.78, 5) is 32.0. The van der Waals surface area contributed by atoms with E-state index in [2.05, 4.69) is 10.3 Å². The largest absolute Gasteiger partial charge is 0.465 e. The molecular weight excluding hydrogens is 352 g/mol. The first-order valence-electron chi connectivity index (χ1n) is 8.14. The van der Waals surface area contributed by atoms with Gasteiger partial charge in [-0.1, -0.05) is 6.92 Å². The Morgan fingerprint density at radius 1 is 1.31 bits per heavy atom. The fraction of sp³-hybridized carbons (Fsp3) is 0.389. The number of amides is 2. The van der Waals surface area contributed by atoms with Crippen LogP contribution in [0.15, 0.2) is 29.8 Å². The first-order valence-corrected chi connectivity index (χ1v) is 9.02. The van der Waals surface area contributed by atoms with E-state index in [9.17, 15) is 9.59 Å². The molecule has 8 heteroatoms. The number of hydrogen-bond acceptors (Lipinski definition) is 6. The van der Waals surface area contributed by atoms with Crippen molar-refractivity contribution in [3.63, 3.8) is 0 Å². The quantitative estimate of drug-likeness (QED) is 0.783. The maximum absolute atomic E-state index is 12.6. The third-order valence-corrected chi connectivity index (χ3v) is 4.92. The Morgan fingerprint density at radius 2 is 2.04 bits per heavy atom. The molecule has 1 heterocycles. The third kappa shape index (κ3) is 4.72. The van der Waals surface area contributed by atoms with Crippen molar-refractivity contribution < 1.29 is 14.3 Å². The van der Waals surface area contributed by atoms with Gasteiger partial charge in [-0.25, -0.2) is 14.6 Å². The summed E-state index contributed by atoms with van der Waals surface area (Å²) in [5.41, 5.74) is 1.78. The van der Waals surface area contributed by atoms with Gasteiger partial charge >= 0.3 is 12.0 Å². The number of nitrogens with one attached hydrogen (secondary N) is 1. The Hall–Kier alpha value is -2.61. The number of thiazole rings is 1. The predicted octanol–water partition coefficient (Wildman–Crippen LogP) is 3.26. The minimum Gasteiger partial charge on any atom is -0.465 e. The molecule has 2 aromatic rings. The van der Waals surface area contributed by atoms with E-state index in [1.807, 2.05) is 31.3 Å². The van der Waals surface area contributed by atoms with Crippen LogP contribution in [0.1, 0.15) is 28.2 Å². The standard InChI is InChI=1S/C18H24N4O3S/c1-12(16-19-8-9-26-16)11-22(4)18(24)20-14-7-6-13(17(23)25-5)10-15(14)21(2)3/h6-10,12H,11H2,1-5H3,(H,20,24)/t12-/m0/s1. The number of ether oxygens (including phenoxy) is 1. The van der Waals surface area contributed by atoms with Crippen molar-refractivity contribution in [1.82, 2.24) is 9.88 Å². The molecule has 0 saturated carbocycles. The lowest BCUT2D eigenvalue weighted by molar-refractivity contribution is 0.0601. The molecule has 26 heavy (non-hydrogen) atoms. The molecule has 2 rings (SSSR count). The second-order valence-corrected chi connectivity index (χ2v) is 7.13. The number of esters is 1. The number of hydrogen-bond donors (Lipinski definition) is 1. The van der Waals surface area contributed by atoms with E-state index in [0.717, 1.165) is 10.7 Å². The van der Waals surface area contributed by atoms with E-state index in [0.29, 0.717) is 17.8 Å². The van der Waals surface area contributed by atoms with Gasteiger partial charge in [0, 0.05) is 45.2 Å². The zero-order valence-corrected chi connectivity index (χ0v) is 16.5. The van der Waals surface area contributed by atoms with Crippen LogP contribution in [0, 0.1) is 0 Å². The lowest BCUT2D eigenvalue weighted by Gasteiger charge is -2.23. The lowest BCUT2D eigenvalue weighted by atomic mass is 10.1.